The highest BCUT2D eigenvalue weighted by Gasteiger charge is 2.12. The van der Waals surface area contributed by atoms with Crippen LogP contribution in [0, 0.1) is 6.92 Å². The standard InChI is InChI=1S/C14H19N3/c1-10-8-12-6-4-5-7-13(12)16-14(10)17(3)11(2)9-15/h4-8,11H,9,15H2,1-3H3. The van der Waals surface area contributed by atoms with Gasteiger partial charge in [0.15, 0.2) is 0 Å². The predicted molar refractivity (Wildman–Crippen MR) is 73.4 cm³/mol. The molecule has 1 aromatic heterocycles. The lowest BCUT2D eigenvalue weighted by atomic mass is 10.1. The molecule has 1 heterocycles. The lowest BCUT2D eigenvalue weighted by Crippen LogP contribution is -2.36. The number of benzene rings is 1. The Balaban J connectivity index is 2.50. The third-order valence-corrected chi connectivity index (χ3v) is 3.22. The molecule has 3 heteroatoms. The van der Waals surface area contributed by atoms with Crippen LogP contribution in [0.4, 0.5) is 5.82 Å². The number of rotatable bonds is 3. The van der Waals surface area contributed by atoms with Crippen LogP contribution >= 0.6 is 0 Å². The maximum atomic E-state index is 5.70. The topological polar surface area (TPSA) is 42.2 Å². The molecule has 1 atom stereocenters. The van der Waals surface area contributed by atoms with Gasteiger partial charge in [-0.2, -0.15) is 0 Å². The van der Waals surface area contributed by atoms with Crippen molar-refractivity contribution in [3.63, 3.8) is 0 Å². The van der Waals surface area contributed by atoms with Gasteiger partial charge in [0, 0.05) is 25.0 Å². The summed E-state index contributed by atoms with van der Waals surface area (Å²) in [4.78, 5) is 6.85. The fraction of sp³-hybridized carbons (Fsp3) is 0.357. The molecule has 2 rings (SSSR count). The number of para-hydroxylation sites is 1. The Morgan fingerprint density at radius 2 is 2.06 bits per heavy atom. The van der Waals surface area contributed by atoms with Gasteiger partial charge < -0.3 is 10.6 Å². The number of aromatic nitrogens is 1. The number of likely N-dealkylation sites (N-methyl/N-ethyl adjacent to an activating group) is 1. The molecule has 0 bridgehead atoms. The lowest BCUT2D eigenvalue weighted by Gasteiger charge is -2.26. The van der Waals surface area contributed by atoms with Gasteiger partial charge in [-0.05, 0) is 31.5 Å². The molecule has 0 radical (unpaired) electrons. The van der Waals surface area contributed by atoms with Crippen LogP contribution in [-0.2, 0) is 0 Å². The molecular weight excluding hydrogens is 210 g/mol. The minimum Gasteiger partial charge on any atom is -0.355 e. The molecule has 90 valence electrons. The Morgan fingerprint density at radius 3 is 2.76 bits per heavy atom. The molecule has 0 saturated carbocycles. The van der Waals surface area contributed by atoms with Crippen LogP contribution in [-0.4, -0.2) is 24.6 Å². The van der Waals surface area contributed by atoms with Gasteiger partial charge >= 0.3 is 0 Å². The van der Waals surface area contributed by atoms with E-state index in [4.69, 9.17) is 10.7 Å². The van der Waals surface area contributed by atoms with Crippen molar-refractivity contribution in [3.8, 4) is 0 Å². The summed E-state index contributed by atoms with van der Waals surface area (Å²) >= 11 is 0. The summed E-state index contributed by atoms with van der Waals surface area (Å²) < 4.78 is 0. The van der Waals surface area contributed by atoms with E-state index in [1.165, 1.54) is 10.9 Å². The molecule has 3 nitrogen and oxygen atoms in total. The van der Waals surface area contributed by atoms with Crippen LogP contribution in [0.15, 0.2) is 30.3 Å². The molecule has 2 N–H and O–H groups in total. The van der Waals surface area contributed by atoms with E-state index in [0.29, 0.717) is 12.6 Å². The molecule has 0 saturated heterocycles. The summed E-state index contributed by atoms with van der Waals surface area (Å²) in [6.45, 7) is 4.83. The molecular formula is C14H19N3. The van der Waals surface area contributed by atoms with Crippen LogP contribution < -0.4 is 10.6 Å². The maximum absolute atomic E-state index is 5.70. The Hall–Kier alpha value is -1.61. The fourth-order valence-electron chi connectivity index (χ4n) is 1.94. The number of nitrogens with zero attached hydrogens (tertiary/aromatic N) is 2. The monoisotopic (exact) mass is 229 g/mol. The van der Waals surface area contributed by atoms with Crippen LogP contribution in [0.2, 0.25) is 0 Å². The highest BCUT2D eigenvalue weighted by Crippen LogP contribution is 2.23. The van der Waals surface area contributed by atoms with Crippen molar-refractivity contribution in [3.05, 3.63) is 35.9 Å². The third kappa shape index (κ3) is 2.24. The SMILES string of the molecule is Cc1cc2ccccc2nc1N(C)C(C)CN. The van der Waals surface area contributed by atoms with Crippen molar-refractivity contribution < 1.29 is 0 Å². The minimum absolute atomic E-state index is 0.294. The largest absolute Gasteiger partial charge is 0.355 e. The van der Waals surface area contributed by atoms with Crippen molar-refractivity contribution in [2.45, 2.75) is 19.9 Å². The molecule has 1 aromatic carbocycles. The first-order valence-corrected chi connectivity index (χ1v) is 5.92. The predicted octanol–water partition coefficient (Wildman–Crippen LogP) is 2.33. The molecule has 17 heavy (non-hydrogen) atoms. The van der Waals surface area contributed by atoms with Gasteiger partial charge in [0.2, 0.25) is 0 Å². The molecule has 0 fully saturated rings. The summed E-state index contributed by atoms with van der Waals surface area (Å²) in [5.74, 6) is 1.02. The van der Waals surface area contributed by atoms with Gasteiger partial charge in [-0.15, -0.1) is 0 Å². The van der Waals surface area contributed by atoms with Crippen LogP contribution in [0.1, 0.15) is 12.5 Å². The average Bonchev–Trinajstić information content (AvgIpc) is 2.36. The smallest absolute Gasteiger partial charge is 0.132 e. The number of hydrogen-bond donors (Lipinski definition) is 1. The van der Waals surface area contributed by atoms with Crippen molar-refractivity contribution >= 4 is 16.7 Å². The zero-order chi connectivity index (χ0) is 12.4. The Morgan fingerprint density at radius 1 is 1.35 bits per heavy atom. The van der Waals surface area contributed by atoms with E-state index < -0.39 is 0 Å². The zero-order valence-corrected chi connectivity index (χ0v) is 10.6. The summed E-state index contributed by atoms with van der Waals surface area (Å²) in [7, 11) is 2.04. The van der Waals surface area contributed by atoms with E-state index in [2.05, 4.69) is 30.9 Å². The van der Waals surface area contributed by atoms with Crippen LogP contribution in [0.3, 0.4) is 0 Å². The third-order valence-electron chi connectivity index (χ3n) is 3.22. The first-order chi connectivity index (χ1) is 8.13. The van der Waals surface area contributed by atoms with Gasteiger partial charge in [-0.1, -0.05) is 18.2 Å². The second kappa shape index (κ2) is 4.72. The molecule has 0 aliphatic rings. The maximum Gasteiger partial charge on any atom is 0.132 e. The minimum atomic E-state index is 0.294. The van der Waals surface area contributed by atoms with E-state index in [9.17, 15) is 0 Å². The number of aryl methyl sites for hydroxylation is 1. The molecule has 1 unspecified atom stereocenters. The first-order valence-electron chi connectivity index (χ1n) is 5.92. The Labute approximate surface area is 102 Å². The summed E-state index contributed by atoms with van der Waals surface area (Å²) in [5.41, 5.74) is 7.92. The number of fused-ring (bicyclic) bond motifs is 1. The fourth-order valence-corrected chi connectivity index (χ4v) is 1.94. The normalized spacial score (nSPS) is 12.7. The highest BCUT2D eigenvalue weighted by molar-refractivity contribution is 5.81. The summed E-state index contributed by atoms with van der Waals surface area (Å²) in [6, 6.07) is 10.7. The van der Waals surface area contributed by atoms with Gasteiger partial charge in [0.1, 0.15) is 5.82 Å². The second-order valence-corrected chi connectivity index (χ2v) is 4.52. The molecule has 0 aliphatic carbocycles. The zero-order valence-electron chi connectivity index (χ0n) is 10.6. The van der Waals surface area contributed by atoms with Crippen LogP contribution in [0.5, 0.6) is 0 Å². The Kier molecular flexibility index (Phi) is 3.29. The molecule has 0 aliphatic heterocycles. The summed E-state index contributed by atoms with van der Waals surface area (Å²) in [5, 5.41) is 1.18. The highest BCUT2D eigenvalue weighted by atomic mass is 15.2. The van der Waals surface area contributed by atoms with Crippen molar-refractivity contribution in [1.82, 2.24) is 4.98 Å². The van der Waals surface area contributed by atoms with E-state index in [1.807, 2.05) is 25.2 Å². The van der Waals surface area contributed by atoms with E-state index in [1.54, 1.807) is 0 Å². The van der Waals surface area contributed by atoms with Gasteiger partial charge in [0.25, 0.3) is 0 Å². The quantitative estimate of drug-likeness (QED) is 0.878. The van der Waals surface area contributed by atoms with E-state index in [-0.39, 0.29) is 0 Å². The van der Waals surface area contributed by atoms with Crippen molar-refractivity contribution in [1.29, 1.82) is 0 Å². The van der Waals surface area contributed by atoms with Crippen LogP contribution in [0.25, 0.3) is 10.9 Å². The second-order valence-electron chi connectivity index (χ2n) is 4.52. The Bertz CT molecular complexity index is 522. The number of pyridine rings is 1. The van der Waals surface area contributed by atoms with E-state index in [0.717, 1.165) is 11.3 Å². The number of anilines is 1. The van der Waals surface area contributed by atoms with Crippen molar-refractivity contribution in [2.24, 2.45) is 5.73 Å². The van der Waals surface area contributed by atoms with Crippen molar-refractivity contribution in [2.75, 3.05) is 18.5 Å². The van der Waals surface area contributed by atoms with E-state index >= 15 is 0 Å². The average molecular weight is 229 g/mol. The molecule has 0 amide bonds. The lowest BCUT2D eigenvalue weighted by molar-refractivity contribution is 0.687. The molecule has 0 spiro atoms. The first kappa shape index (κ1) is 11.9. The number of nitrogens with two attached hydrogens (primary N) is 1. The number of hydrogen-bond acceptors (Lipinski definition) is 3. The summed E-state index contributed by atoms with van der Waals surface area (Å²) in [6.07, 6.45) is 0. The van der Waals surface area contributed by atoms with Gasteiger partial charge in [-0.25, -0.2) is 4.98 Å². The molecule has 2 aromatic rings. The van der Waals surface area contributed by atoms with Gasteiger partial charge in [0.05, 0.1) is 5.52 Å². The van der Waals surface area contributed by atoms with Gasteiger partial charge in [-0.3, -0.25) is 0 Å².